The molecule has 1 N–H and O–H groups in total. The Morgan fingerprint density at radius 1 is 1.09 bits per heavy atom. The number of rotatable bonds is 4. The summed E-state index contributed by atoms with van der Waals surface area (Å²) < 4.78 is 0. The lowest BCUT2D eigenvalue weighted by atomic mass is 9.82. The summed E-state index contributed by atoms with van der Waals surface area (Å²) in [5.41, 5.74) is 1.72. The van der Waals surface area contributed by atoms with Gasteiger partial charge in [-0.15, -0.1) is 0 Å². The van der Waals surface area contributed by atoms with Gasteiger partial charge in [0.2, 0.25) is 5.91 Å². The molecular formula is C17H19N2O3-. The van der Waals surface area contributed by atoms with E-state index in [0.29, 0.717) is 5.69 Å². The first-order valence-corrected chi connectivity index (χ1v) is 7.45. The number of hydrogen-bond acceptors (Lipinski definition) is 4. The summed E-state index contributed by atoms with van der Waals surface area (Å²) in [6, 6.07) is 7.47. The molecule has 5 nitrogen and oxygen atoms in total. The van der Waals surface area contributed by atoms with Crippen molar-refractivity contribution in [1.29, 1.82) is 0 Å². The first-order chi connectivity index (χ1) is 10.5. The SMILES string of the molecule is CN(C)c1ccc(NC(=O)C2C3C=CC(C3)C2C(=O)[O-])cc1. The van der Waals surface area contributed by atoms with Crippen molar-refractivity contribution in [3.8, 4) is 0 Å². The van der Waals surface area contributed by atoms with Crippen LogP contribution in [0.5, 0.6) is 0 Å². The van der Waals surface area contributed by atoms with Gasteiger partial charge in [0.05, 0.1) is 5.92 Å². The average molecular weight is 299 g/mol. The Morgan fingerprint density at radius 3 is 2.23 bits per heavy atom. The lowest BCUT2D eigenvalue weighted by Crippen LogP contribution is -2.42. The number of carbonyl (C=O) groups excluding carboxylic acids is 2. The number of nitrogens with zero attached hydrogens (tertiary/aromatic N) is 1. The van der Waals surface area contributed by atoms with Crippen LogP contribution in [-0.2, 0) is 9.59 Å². The Labute approximate surface area is 129 Å². The first kappa shape index (κ1) is 14.6. The number of anilines is 2. The Balaban J connectivity index is 1.74. The predicted octanol–water partition coefficient (Wildman–Crippen LogP) is 0.879. The quantitative estimate of drug-likeness (QED) is 0.838. The average Bonchev–Trinajstić information content (AvgIpc) is 3.08. The molecule has 0 aromatic heterocycles. The van der Waals surface area contributed by atoms with E-state index in [1.165, 1.54) is 0 Å². The van der Waals surface area contributed by atoms with Crippen LogP contribution >= 0.6 is 0 Å². The normalized spacial score (nSPS) is 28.6. The van der Waals surface area contributed by atoms with Crippen LogP contribution in [0.15, 0.2) is 36.4 Å². The third-order valence-corrected chi connectivity index (χ3v) is 4.69. The number of nitrogens with one attached hydrogen (secondary N) is 1. The van der Waals surface area contributed by atoms with Crippen molar-refractivity contribution in [3.05, 3.63) is 36.4 Å². The molecule has 1 amide bonds. The van der Waals surface area contributed by atoms with E-state index in [1.54, 1.807) is 0 Å². The standard InChI is InChI=1S/C17H20N2O3/c1-19(2)13-7-5-12(6-8-13)18-16(20)14-10-3-4-11(9-10)15(14)17(21)22/h3-8,10-11,14-15H,9H2,1-2H3,(H,18,20)(H,21,22)/p-1. The van der Waals surface area contributed by atoms with Crippen molar-refractivity contribution in [2.45, 2.75) is 6.42 Å². The molecule has 2 aliphatic rings. The van der Waals surface area contributed by atoms with Crippen molar-refractivity contribution < 1.29 is 14.7 Å². The van der Waals surface area contributed by atoms with Gasteiger partial charge in [-0.3, -0.25) is 4.79 Å². The Hall–Kier alpha value is -2.30. The van der Waals surface area contributed by atoms with Gasteiger partial charge in [0.25, 0.3) is 0 Å². The van der Waals surface area contributed by atoms with Gasteiger partial charge in [0.1, 0.15) is 0 Å². The van der Waals surface area contributed by atoms with Gasteiger partial charge in [-0.05, 0) is 42.5 Å². The van der Waals surface area contributed by atoms with Crippen LogP contribution in [0.25, 0.3) is 0 Å². The van der Waals surface area contributed by atoms with Crippen LogP contribution in [0.2, 0.25) is 0 Å². The van der Waals surface area contributed by atoms with Gasteiger partial charge in [-0.2, -0.15) is 0 Å². The number of allylic oxidation sites excluding steroid dienone is 2. The molecule has 0 saturated heterocycles. The molecule has 0 aliphatic heterocycles. The number of amides is 1. The van der Waals surface area contributed by atoms with E-state index in [9.17, 15) is 14.7 Å². The van der Waals surface area contributed by atoms with E-state index in [2.05, 4.69) is 5.32 Å². The lowest BCUT2D eigenvalue weighted by molar-refractivity contribution is -0.313. The molecule has 1 aromatic carbocycles. The molecule has 2 aliphatic carbocycles. The largest absolute Gasteiger partial charge is 0.550 e. The summed E-state index contributed by atoms with van der Waals surface area (Å²) in [5, 5.41) is 14.2. The van der Waals surface area contributed by atoms with E-state index in [4.69, 9.17) is 0 Å². The molecule has 0 spiro atoms. The molecule has 3 rings (SSSR count). The number of carbonyl (C=O) groups is 2. The van der Waals surface area contributed by atoms with Crippen LogP contribution in [0.1, 0.15) is 6.42 Å². The van der Waals surface area contributed by atoms with Crippen LogP contribution in [-0.4, -0.2) is 26.0 Å². The molecular weight excluding hydrogens is 280 g/mol. The van der Waals surface area contributed by atoms with E-state index in [1.807, 2.05) is 55.4 Å². The maximum Gasteiger partial charge on any atom is 0.228 e. The molecule has 5 heteroatoms. The molecule has 22 heavy (non-hydrogen) atoms. The fourth-order valence-corrected chi connectivity index (χ4v) is 3.57. The van der Waals surface area contributed by atoms with Crippen LogP contribution < -0.4 is 15.3 Å². The molecule has 2 bridgehead atoms. The second-order valence-corrected chi connectivity index (χ2v) is 6.25. The Kier molecular flexibility index (Phi) is 3.64. The second kappa shape index (κ2) is 5.48. The van der Waals surface area contributed by atoms with E-state index in [-0.39, 0.29) is 17.7 Å². The van der Waals surface area contributed by atoms with Crippen molar-refractivity contribution >= 4 is 23.3 Å². The summed E-state index contributed by atoms with van der Waals surface area (Å²) in [6.07, 6.45) is 4.60. The van der Waals surface area contributed by atoms with E-state index >= 15 is 0 Å². The summed E-state index contributed by atoms with van der Waals surface area (Å²) in [7, 11) is 3.89. The Bertz CT molecular complexity index is 621. The molecule has 4 atom stereocenters. The number of carboxylic acids is 1. The maximum absolute atomic E-state index is 12.5. The van der Waals surface area contributed by atoms with Gasteiger partial charge in [0.15, 0.2) is 0 Å². The molecule has 1 fully saturated rings. The molecule has 1 saturated carbocycles. The minimum atomic E-state index is -1.13. The minimum Gasteiger partial charge on any atom is -0.550 e. The summed E-state index contributed by atoms with van der Waals surface area (Å²) in [4.78, 5) is 25.8. The fourth-order valence-electron chi connectivity index (χ4n) is 3.57. The molecule has 116 valence electrons. The number of benzene rings is 1. The number of fused-ring (bicyclic) bond motifs is 2. The highest BCUT2D eigenvalue weighted by molar-refractivity contribution is 5.96. The molecule has 4 unspecified atom stereocenters. The topological polar surface area (TPSA) is 72.5 Å². The zero-order valence-electron chi connectivity index (χ0n) is 12.7. The van der Waals surface area contributed by atoms with Crippen LogP contribution in [0.3, 0.4) is 0 Å². The first-order valence-electron chi connectivity index (χ1n) is 7.45. The van der Waals surface area contributed by atoms with Gasteiger partial charge in [-0.1, -0.05) is 12.2 Å². The van der Waals surface area contributed by atoms with E-state index < -0.39 is 17.8 Å². The predicted molar refractivity (Wildman–Crippen MR) is 82.1 cm³/mol. The number of aliphatic carboxylic acids is 1. The van der Waals surface area contributed by atoms with Gasteiger partial charge < -0.3 is 20.1 Å². The maximum atomic E-state index is 12.5. The lowest BCUT2D eigenvalue weighted by Gasteiger charge is -2.27. The van der Waals surface area contributed by atoms with Crippen molar-refractivity contribution in [2.75, 3.05) is 24.3 Å². The van der Waals surface area contributed by atoms with E-state index in [0.717, 1.165) is 12.1 Å². The number of carboxylic acid groups (broad SMARTS) is 1. The van der Waals surface area contributed by atoms with Gasteiger partial charge >= 0.3 is 0 Å². The highest BCUT2D eigenvalue weighted by atomic mass is 16.4. The molecule has 0 heterocycles. The summed E-state index contributed by atoms with van der Waals surface area (Å²) >= 11 is 0. The minimum absolute atomic E-state index is 0.00829. The molecule has 1 aromatic rings. The monoisotopic (exact) mass is 299 g/mol. The smallest absolute Gasteiger partial charge is 0.228 e. The summed E-state index contributed by atoms with van der Waals surface area (Å²) in [6.45, 7) is 0. The highest BCUT2D eigenvalue weighted by Gasteiger charge is 2.48. The third-order valence-electron chi connectivity index (χ3n) is 4.69. The van der Waals surface area contributed by atoms with Crippen molar-refractivity contribution in [1.82, 2.24) is 0 Å². The fraction of sp³-hybridized carbons (Fsp3) is 0.412. The van der Waals surface area contributed by atoms with Crippen LogP contribution in [0, 0.1) is 23.7 Å². The number of hydrogen-bond donors (Lipinski definition) is 1. The zero-order valence-corrected chi connectivity index (χ0v) is 12.7. The van der Waals surface area contributed by atoms with Crippen molar-refractivity contribution in [2.24, 2.45) is 23.7 Å². The highest BCUT2D eigenvalue weighted by Crippen LogP contribution is 2.48. The summed E-state index contributed by atoms with van der Waals surface area (Å²) in [5.74, 6) is -2.66. The van der Waals surface area contributed by atoms with Gasteiger partial charge in [0, 0.05) is 37.4 Å². The van der Waals surface area contributed by atoms with Gasteiger partial charge in [-0.25, -0.2) is 0 Å². The Morgan fingerprint density at radius 2 is 1.68 bits per heavy atom. The van der Waals surface area contributed by atoms with Crippen molar-refractivity contribution in [3.63, 3.8) is 0 Å². The molecule has 0 radical (unpaired) electrons. The third kappa shape index (κ3) is 2.47. The van der Waals surface area contributed by atoms with Crippen LogP contribution in [0.4, 0.5) is 11.4 Å². The second-order valence-electron chi connectivity index (χ2n) is 6.25. The zero-order chi connectivity index (χ0) is 15.9.